The Labute approximate surface area is 123 Å². The first-order valence-corrected chi connectivity index (χ1v) is 8.44. The second-order valence-corrected chi connectivity index (χ2v) is 6.57. The summed E-state index contributed by atoms with van der Waals surface area (Å²) in [5.74, 6) is 0.520. The molecule has 2 rings (SSSR count). The molecule has 0 aliphatic rings. The van der Waals surface area contributed by atoms with Crippen molar-refractivity contribution in [3.63, 3.8) is 0 Å². The molecule has 2 N–H and O–H groups in total. The van der Waals surface area contributed by atoms with E-state index in [0.717, 1.165) is 12.1 Å². The van der Waals surface area contributed by atoms with Crippen LogP contribution in [0.25, 0.3) is 0 Å². The zero-order chi connectivity index (χ0) is 15.3. The summed E-state index contributed by atoms with van der Waals surface area (Å²) in [7, 11) is -3.16. The Balaban J connectivity index is 1.92. The van der Waals surface area contributed by atoms with Crippen LogP contribution >= 0.6 is 0 Å². The first-order chi connectivity index (χ1) is 9.99. The van der Waals surface area contributed by atoms with E-state index in [1.807, 2.05) is 6.92 Å². The van der Waals surface area contributed by atoms with E-state index in [1.165, 1.54) is 6.26 Å². The van der Waals surface area contributed by atoms with Crippen molar-refractivity contribution in [1.82, 2.24) is 15.5 Å². The Morgan fingerprint density at radius 2 is 1.86 bits per heavy atom. The number of anilines is 1. The van der Waals surface area contributed by atoms with Gasteiger partial charge in [-0.05, 0) is 24.2 Å². The molecule has 0 saturated heterocycles. The van der Waals surface area contributed by atoms with Crippen molar-refractivity contribution in [3.05, 3.63) is 35.7 Å². The second-order valence-electron chi connectivity index (χ2n) is 4.55. The van der Waals surface area contributed by atoms with Crippen molar-refractivity contribution >= 4 is 15.9 Å². The van der Waals surface area contributed by atoms with Crippen LogP contribution in [0.5, 0.6) is 0 Å². The van der Waals surface area contributed by atoms with Gasteiger partial charge in [0.2, 0.25) is 5.89 Å². The minimum Gasteiger partial charge on any atom is -0.407 e. The molecule has 1 heterocycles. The highest BCUT2D eigenvalue weighted by molar-refractivity contribution is 7.90. The SMILES string of the molecule is CCNCc1nnc(NCc2ccc(S(C)(=O)=O)cc2)o1. The Morgan fingerprint density at radius 1 is 1.14 bits per heavy atom. The van der Waals surface area contributed by atoms with Gasteiger partial charge in [0, 0.05) is 12.8 Å². The average Bonchev–Trinajstić information content (AvgIpc) is 2.90. The molecule has 0 amide bonds. The standard InChI is InChI=1S/C13H18N4O3S/c1-3-14-9-12-16-17-13(20-12)15-8-10-4-6-11(7-5-10)21(2,18)19/h4-7,14H,3,8-9H2,1-2H3,(H,15,17). The summed E-state index contributed by atoms with van der Waals surface area (Å²) in [5.41, 5.74) is 0.925. The molecular weight excluding hydrogens is 292 g/mol. The maximum Gasteiger partial charge on any atom is 0.315 e. The quantitative estimate of drug-likeness (QED) is 0.793. The normalized spacial score (nSPS) is 11.5. The Morgan fingerprint density at radius 3 is 2.48 bits per heavy atom. The van der Waals surface area contributed by atoms with Gasteiger partial charge < -0.3 is 15.1 Å². The van der Waals surface area contributed by atoms with Crippen LogP contribution in [0.2, 0.25) is 0 Å². The van der Waals surface area contributed by atoms with Crippen LogP contribution < -0.4 is 10.6 Å². The second kappa shape index (κ2) is 6.68. The van der Waals surface area contributed by atoms with Gasteiger partial charge in [-0.2, -0.15) is 0 Å². The molecule has 114 valence electrons. The molecule has 21 heavy (non-hydrogen) atoms. The van der Waals surface area contributed by atoms with Crippen LogP contribution in [-0.2, 0) is 22.9 Å². The summed E-state index contributed by atoms with van der Waals surface area (Å²) >= 11 is 0. The first kappa shape index (κ1) is 15.5. The van der Waals surface area contributed by atoms with Gasteiger partial charge in [0.1, 0.15) is 0 Å². The molecule has 2 aromatic rings. The van der Waals surface area contributed by atoms with E-state index in [-0.39, 0.29) is 0 Å². The van der Waals surface area contributed by atoms with Crippen LogP contribution in [0.1, 0.15) is 18.4 Å². The third-order valence-corrected chi connectivity index (χ3v) is 3.92. The molecular formula is C13H18N4O3S. The summed E-state index contributed by atoms with van der Waals surface area (Å²) in [5, 5.41) is 13.9. The summed E-state index contributed by atoms with van der Waals surface area (Å²) in [6.07, 6.45) is 1.19. The number of aromatic nitrogens is 2. The fraction of sp³-hybridized carbons (Fsp3) is 0.385. The van der Waals surface area contributed by atoms with Crippen LogP contribution in [0, 0.1) is 0 Å². The molecule has 0 radical (unpaired) electrons. The van der Waals surface area contributed by atoms with Gasteiger partial charge in [-0.3, -0.25) is 0 Å². The van der Waals surface area contributed by atoms with E-state index in [1.54, 1.807) is 24.3 Å². The van der Waals surface area contributed by atoms with Crippen LogP contribution in [-0.4, -0.2) is 31.4 Å². The van der Waals surface area contributed by atoms with Crippen molar-refractivity contribution < 1.29 is 12.8 Å². The molecule has 0 aliphatic carbocycles. The maximum atomic E-state index is 11.4. The van der Waals surface area contributed by atoms with E-state index >= 15 is 0 Å². The molecule has 1 aromatic heterocycles. The predicted molar refractivity (Wildman–Crippen MR) is 78.6 cm³/mol. The number of nitrogens with one attached hydrogen (secondary N) is 2. The molecule has 0 unspecified atom stereocenters. The largest absolute Gasteiger partial charge is 0.407 e. The van der Waals surface area contributed by atoms with Crippen molar-refractivity contribution in [2.45, 2.75) is 24.9 Å². The highest BCUT2D eigenvalue weighted by Crippen LogP contribution is 2.12. The topological polar surface area (TPSA) is 97.1 Å². The van der Waals surface area contributed by atoms with Gasteiger partial charge in [-0.1, -0.05) is 24.2 Å². The molecule has 0 saturated carbocycles. The monoisotopic (exact) mass is 310 g/mol. The summed E-state index contributed by atoms with van der Waals surface area (Å²) in [6.45, 7) is 3.84. The lowest BCUT2D eigenvalue weighted by molar-refractivity contribution is 0.481. The van der Waals surface area contributed by atoms with Gasteiger partial charge >= 0.3 is 6.01 Å². The van der Waals surface area contributed by atoms with Gasteiger partial charge in [0.05, 0.1) is 11.4 Å². The number of hydrogen-bond donors (Lipinski definition) is 2. The minimum absolute atomic E-state index is 0.303. The van der Waals surface area contributed by atoms with Crippen molar-refractivity contribution in [2.75, 3.05) is 18.1 Å². The zero-order valence-corrected chi connectivity index (χ0v) is 12.8. The molecule has 1 aromatic carbocycles. The number of nitrogens with zero attached hydrogens (tertiary/aromatic N) is 2. The van der Waals surface area contributed by atoms with Crippen LogP contribution in [0.4, 0.5) is 6.01 Å². The number of benzene rings is 1. The van der Waals surface area contributed by atoms with Crippen LogP contribution in [0.3, 0.4) is 0 Å². The van der Waals surface area contributed by atoms with Crippen LogP contribution in [0.15, 0.2) is 33.6 Å². The van der Waals surface area contributed by atoms with E-state index < -0.39 is 9.84 Å². The Kier molecular flexibility index (Phi) is 4.92. The lowest BCUT2D eigenvalue weighted by Gasteiger charge is -2.03. The molecule has 0 bridgehead atoms. The van der Waals surface area contributed by atoms with E-state index in [0.29, 0.717) is 29.9 Å². The van der Waals surface area contributed by atoms with E-state index in [9.17, 15) is 8.42 Å². The molecule has 0 aliphatic heterocycles. The summed E-state index contributed by atoms with van der Waals surface area (Å²) in [4.78, 5) is 0.303. The average molecular weight is 310 g/mol. The van der Waals surface area contributed by atoms with Gasteiger partial charge in [-0.25, -0.2) is 8.42 Å². The highest BCUT2D eigenvalue weighted by Gasteiger charge is 2.07. The van der Waals surface area contributed by atoms with Gasteiger partial charge in [0.15, 0.2) is 9.84 Å². The smallest absolute Gasteiger partial charge is 0.315 e. The Bertz CT molecular complexity index is 680. The third-order valence-electron chi connectivity index (χ3n) is 2.79. The fourth-order valence-electron chi connectivity index (χ4n) is 1.66. The summed E-state index contributed by atoms with van der Waals surface area (Å²) < 4.78 is 28.1. The lowest BCUT2D eigenvalue weighted by Crippen LogP contribution is -2.11. The van der Waals surface area contributed by atoms with E-state index in [4.69, 9.17) is 4.42 Å². The number of sulfone groups is 1. The molecule has 0 atom stereocenters. The van der Waals surface area contributed by atoms with Gasteiger partial charge in [-0.15, -0.1) is 5.10 Å². The zero-order valence-electron chi connectivity index (χ0n) is 12.0. The molecule has 0 spiro atoms. The summed E-state index contributed by atoms with van der Waals surface area (Å²) in [6, 6.07) is 7.00. The van der Waals surface area contributed by atoms with Crippen molar-refractivity contribution in [3.8, 4) is 0 Å². The van der Waals surface area contributed by atoms with Crippen molar-refractivity contribution in [2.24, 2.45) is 0 Å². The maximum absolute atomic E-state index is 11.4. The number of hydrogen-bond acceptors (Lipinski definition) is 7. The molecule has 7 nitrogen and oxygen atoms in total. The number of rotatable bonds is 7. The molecule has 8 heteroatoms. The van der Waals surface area contributed by atoms with Gasteiger partial charge in [0.25, 0.3) is 0 Å². The fourth-order valence-corrected chi connectivity index (χ4v) is 2.29. The predicted octanol–water partition coefficient (Wildman–Crippen LogP) is 1.19. The molecule has 0 fully saturated rings. The van der Waals surface area contributed by atoms with Crippen molar-refractivity contribution in [1.29, 1.82) is 0 Å². The third kappa shape index (κ3) is 4.54. The lowest BCUT2D eigenvalue weighted by atomic mass is 10.2. The highest BCUT2D eigenvalue weighted by atomic mass is 32.2. The first-order valence-electron chi connectivity index (χ1n) is 6.55. The minimum atomic E-state index is -3.16. The Hall–Kier alpha value is -1.93. The van der Waals surface area contributed by atoms with E-state index in [2.05, 4.69) is 20.8 Å².